The van der Waals surface area contributed by atoms with Crippen LogP contribution in [-0.4, -0.2) is 58.0 Å². The van der Waals surface area contributed by atoms with Crippen LogP contribution in [0, 0.1) is 5.82 Å². The maximum atomic E-state index is 14.2. The summed E-state index contributed by atoms with van der Waals surface area (Å²) in [6.45, 7) is 0.942. The lowest BCUT2D eigenvalue weighted by Gasteiger charge is -2.33. The van der Waals surface area contributed by atoms with Crippen molar-refractivity contribution in [2.45, 2.75) is 62.6 Å². The maximum Gasteiger partial charge on any atom is 0.264 e. The maximum absolute atomic E-state index is 14.2. The molecule has 0 bridgehead atoms. The minimum Gasteiger partial charge on any atom is -0.497 e. The number of hydrogen-bond donors (Lipinski definition) is 1. The molecule has 230 valence electrons. The molecule has 1 aliphatic rings. The van der Waals surface area contributed by atoms with E-state index in [-0.39, 0.29) is 34.8 Å². The average Bonchev–Trinajstić information content (AvgIpc) is 3.03. The summed E-state index contributed by atoms with van der Waals surface area (Å²) < 4.78 is 53.6. The first kappa shape index (κ1) is 31.8. The quantitative estimate of drug-likeness (QED) is 0.312. The molecule has 2 amide bonds. The van der Waals surface area contributed by atoms with E-state index in [4.69, 9.17) is 9.47 Å². The first-order valence-corrected chi connectivity index (χ1v) is 15.7. The van der Waals surface area contributed by atoms with Crippen LogP contribution >= 0.6 is 0 Å². The predicted octanol–water partition coefficient (Wildman–Crippen LogP) is 4.90. The molecule has 3 aromatic rings. The Hall–Kier alpha value is -4.12. The second kappa shape index (κ2) is 14.4. The van der Waals surface area contributed by atoms with Crippen LogP contribution in [0.1, 0.15) is 44.6 Å². The largest absolute Gasteiger partial charge is 0.497 e. The van der Waals surface area contributed by atoms with E-state index in [1.54, 1.807) is 37.3 Å². The molecule has 43 heavy (non-hydrogen) atoms. The molecule has 1 unspecified atom stereocenters. The zero-order valence-corrected chi connectivity index (χ0v) is 25.5. The van der Waals surface area contributed by atoms with Crippen molar-refractivity contribution in [1.82, 2.24) is 10.2 Å². The third-order valence-corrected chi connectivity index (χ3v) is 9.42. The molecule has 0 spiro atoms. The Kier molecular flexibility index (Phi) is 10.6. The highest BCUT2D eigenvalue weighted by Gasteiger charge is 2.34. The van der Waals surface area contributed by atoms with Crippen molar-refractivity contribution in [3.63, 3.8) is 0 Å². The fourth-order valence-corrected chi connectivity index (χ4v) is 6.60. The normalized spacial score (nSPS) is 14.4. The Labute approximate surface area is 252 Å². The van der Waals surface area contributed by atoms with Gasteiger partial charge in [-0.3, -0.25) is 13.9 Å². The number of ether oxygens (including phenoxy) is 2. The molecule has 3 aromatic carbocycles. The van der Waals surface area contributed by atoms with Crippen molar-refractivity contribution in [3.8, 4) is 11.5 Å². The number of halogens is 1. The number of amides is 2. The summed E-state index contributed by atoms with van der Waals surface area (Å²) >= 11 is 0. The van der Waals surface area contributed by atoms with Gasteiger partial charge in [-0.15, -0.1) is 0 Å². The molecule has 1 atom stereocenters. The zero-order chi connectivity index (χ0) is 31.0. The highest BCUT2D eigenvalue weighted by molar-refractivity contribution is 7.92. The Balaban J connectivity index is 1.73. The van der Waals surface area contributed by atoms with Crippen LogP contribution in [0.5, 0.6) is 11.5 Å². The van der Waals surface area contributed by atoms with Gasteiger partial charge in [0.1, 0.15) is 29.9 Å². The van der Waals surface area contributed by atoms with E-state index in [9.17, 15) is 22.4 Å². The van der Waals surface area contributed by atoms with Crippen LogP contribution in [0.15, 0.2) is 77.7 Å². The van der Waals surface area contributed by atoms with Crippen molar-refractivity contribution in [2.75, 3.05) is 25.1 Å². The topological polar surface area (TPSA) is 105 Å². The Morgan fingerprint density at radius 1 is 0.953 bits per heavy atom. The fourth-order valence-electron chi connectivity index (χ4n) is 5.16. The fraction of sp³-hybridized carbons (Fsp3) is 0.375. The molecule has 11 heteroatoms. The number of nitrogens with one attached hydrogen (secondary N) is 1. The highest BCUT2D eigenvalue weighted by atomic mass is 32.2. The van der Waals surface area contributed by atoms with Gasteiger partial charge in [-0.2, -0.15) is 0 Å². The van der Waals surface area contributed by atoms with Crippen LogP contribution in [0.3, 0.4) is 0 Å². The third kappa shape index (κ3) is 7.84. The molecule has 1 saturated carbocycles. The van der Waals surface area contributed by atoms with Gasteiger partial charge in [0, 0.05) is 18.7 Å². The van der Waals surface area contributed by atoms with Crippen LogP contribution < -0.4 is 19.1 Å². The van der Waals surface area contributed by atoms with Crippen molar-refractivity contribution < 1.29 is 31.9 Å². The van der Waals surface area contributed by atoms with Gasteiger partial charge in [0.25, 0.3) is 10.0 Å². The second-order valence-electron chi connectivity index (χ2n) is 10.5. The molecule has 0 radical (unpaired) electrons. The highest BCUT2D eigenvalue weighted by Crippen LogP contribution is 2.36. The van der Waals surface area contributed by atoms with Crippen molar-refractivity contribution in [2.24, 2.45) is 0 Å². The van der Waals surface area contributed by atoms with E-state index in [0.717, 1.165) is 36.4 Å². The molecule has 1 fully saturated rings. The zero-order valence-electron chi connectivity index (χ0n) is 24.7. The van der Waals surface area contributed by atoms with Crippen molar-refractivity contribution in [1.29, 1.82) is 0 Å². The van der Waals surface area contributed by atoms with Gasteiger partial charge in [0.05, 0.1) is 24.8 Å². The van der Waals surface area contributed by atoms with Crippen LogP contribution in [0.4, 0.5) is 10.1 Å². The van der Waals surface area contributed by atoms with Crippen LogP contribution in [-0.2, 0) is 26.2 Å². The number of benzene rings is 3. The second-order valence-corrected chi connectivity index (χ2v) is 12.4. The lowest BCUT2D eigenvalue weighted by Crippen LogP contribution is -2.53. The molecule has 0 aliphatic heterocycles. The van der Waals surface area contributed by atoms with Gasteiger partial charge >= 0.3 is 0 Å². The molecule has 0 heterocycles. The lowest BCUT2D eigenvalue weighted by molar-refractivity contribution is -0.139. The summed E-state index contributed by atoms with van der Waals surface area (Å²) in [5.41, 5.74) is 0.684. The van der Waals surface area contributed by atoms with Gasteiger partial charge < -0.3 is 19.7 Å². The number of methoxy groups -OCH3 is 2. The third-order valence-electron chi connectivity index (χ3n) is 7.65. The number of rotatable bonds is 12. The van der Waals surface area contributed by atoms with E-state index < -0.39 is 34.3 Å². The van der Waals surface area contributed by atoms with Gasteiger partial charge in [-0.25, -0.2) is 12.8 Å². The Morgan fingerprint density at radius 2 is 1.63 bits per heavy atom. The number of carbonyl (C=O) groups is 2. The van der Waals surface area contributed by atoms with Crippen LogP contribution in [0.25, 0.3) is 0 Å². The number of nitrogens with zero attached hydrogens (tertiary/aromatic N) is 2. The molecule has 9 nitrogen and oxygen atoms in total. The summed E-state index contributed by atoms with van der Waals surface area (Å²) in [6, 6.07) is 17.1. The van der Waals surface area contributed by atoms with E-state index in [1.165, 1.54) is 61.6 Å². The predicted molar refractivity (Wildman–Crippen MR) is 162 cm³/mol. The van der Waals surface area contributed by atoms with Crippen LogP contribution in [0.2, 0.25) is 0 Å². The SMILES string of the molecule is COc1ccc(OC)c(N(CC(=O)N(Cc2ccc(F)cc2)C(C)C(=O)NC2CCCCC2)S(=O)(=O)c2ccccc2)c1. The van der Waals surface area contributed by atoms with Gasteiger partial charge in [0.15, 0.2) is 0 Å². The molecule has 1 aliphatic carbocycles. The van der Waals surface area contributed by atoms with Crippen molar-refractivity contribution >= 4 is 27.5 Å². The summed E-state index contributed by atoms with van der Waals surface area (Å²) in [7, 11) is -1.44. The van der Waals surface area contributed by atoms with Gasteiger partial charge in [0.2, 0.25) is 11.8 Å². The number of carbonyl (C=O) groups excluding carboxylic acids is 2. The molecule has 1 N–H and O–H groups in total. The van der Waals surface area contributed by atoms with E-state index in [1.807, 2.05) is 0 Å². The van der Waals surface area contributed by atoms with E-state index in [2.05, 4.69) is 5.32 Å². The summed E-state index contributed by atoms with van der Waals surface area (Å²) in [6.07, 6.45) is 4.89. The number of hydrogen-bond acceptors (Lipinski definition) is 6. The van der Waals surface area contributed by atoms with Gasteiger partial charge in [-0.1, -0.05) is 49.6 Å². The lowest BCUT2D eigenvalue weighted by atomic mass is 9.95. The van der Waals surface area contributed by atoms with E-state index >= 15 is 0 Å². The average molecular weight is 612 g/mol. The Bertz CT molecular complexity index is 1500. The molecule has 0 saturated heterocycles. The molecular formula is C32H38FN3O6S. The van der Waals surface area contributed by atoms with E-state index in [0.29, 0.717) is 11.3 Å². The first-order chi connectivity index (χ1) is 20.6. The number of anilines is 1. The summed E-state index contributed by atoms with van der Waals surface area (Å²) in [5, 5.41) is 3.06. The summed E-state index contributed by atoms with van der Waals surface area (Å²) in [4.78, 5) is 28.9. The monoisotopic (exact) mass is 611 g/mol. The summed E-state index contributed by atoms with van der Waals surface area (Å²) in [5.74, 6) is -0.824. The smallest absolute Gasteiger partial charge is 0.264 e. The first-order valence-electron chi connectivity index (χ1n) is 14.3. The standard InChI is InChI=1S/C32H38FN3O6S/c1-23(32(38)34-26-10-6-4-7-11-26)35(21-24-14-16-25(33)17-15-24)31(37)22-36(43(39,40)28-12-8-5-9-13-28)29-20-27(41-2)18-19-30(29)42-3/h5,8-9,12-20,23,26H,4,6-7,10-11,21-22H2,1-3H3,(H,34,38). The molecular weight excluding hydrogens is 573 g/mol. The number of sulfonamides is 1. The van der Waals surface area contributed by atoms with Gasteiger partial charge in [-0.05, 0) is 61.7 Å². The molecule has 4 rings (SSSR count). The minimum atomic E-state index is -4.29. The Morgan fingerprint density at radius 3 is 2.26 bits per heavy atom. The van der Waals surface area contributed by atoms with Crippen molar-refractivity contribution in [3.05, 3.63) is 84.2 Å². The molecule has 0 aromatic heterocycles. The minimum absolute atomic E-state index is 0.0162.